The fourth-order valence-corrected chi connectivity index (χ4v) is 1.26. The molecule has 1 rings (SSSR count). The number of benzene rings is 1. The van der Waals surface area contributed by atoms with Crippen LogP contribution in [0.5, 0.6) is 5.75 Å². The molecular weight excluding hydrogens is 276 g/mol. The van der Waals surface area contributed by atoms with E-state index in [9.17, 15) is 18.4 Å². The van der Waals surface area contributed by atoms with Crippen molar-refractivity contribution >= 4 is 12.1 Å². The van der Waals surface area contributed by atoms with Crippen molar-refractivity contribution in [2.75, 3.05) is 13.2 Å². The lowest BCUT2D eigenvalue weighted by Crippen LogP contribution is -2.45. The Balaban J connectivity index is 2.62. The van der Waals surface area contributed by atoms with Crippen LogP contribution in [0.4, 0.5) is 13.6 Å². The molecule has 6 nitrogen and oxygen atoms in total. The molecule has 0 fully saturated rings. The van der Waals surface area contributed by atoms with Crippen LogP contribution in [0.3, 0.4) is 0 Å². The summed E-state index contributed by atoms with van der Waals surface area (Å²) >= 11 is 0. The number of ether oxygens (including phenoxy) is 2. The number of carboxylic acid groups (broad SMARTS) is 1. The van der Waals surface area contributed by atoms with Crippen LogP contribution in [0, 0.1) is 11.6 Å². The fraction of sp³-hybridized carbons (Fsp3) is 0.333. The number of carbonyl (C=O) groups is 2. The Morgan fingerprint density at radius 2 is 2.10 bits per heavy atom. The van der Waals surface area contributed by atoms with Crippen LogP contribution in [0.25, 0.3) is 0 Å². The van der Waals surface area contributed by atoms with Crippen molar-refractivity contribution in [1.82, 2.24) is 5.32 Å². The summed E-state index contributed by atoms with van der Waals surface area (Å²) in [6, 6.07) is 1.17. The first-order valence-corrected chi connectivity index (χ1v) is 5.68. The second-order valence-corrected chi connectivity index (χ2v) is 3.64. The first-order valence-electron chi connectivity index (χ1n) is 5.68. The predicted molar refractivity (Wildman–Crippen MR) is 63.4 cm³/mol. The minimum absolute atomic E-state index is 0.0750. The van der Waals surface area contributed by atoms with Crippen LogP contribution in [0.1, 0.15) is 6.92 Å². The molecule has 8 heteroatoms. The second-order valence-electron chi connectivity index (χ2n) is 3.64. The average Bonchev–Trinajstić information content (AvgIpc) is 2.36. The molecule has 1 aromatic rings. The van der Waals surface area contributed by atoms with E-state index in [0.29, 0.717) is 6.07 Å². The Hall–Kier alpha value is -2.38. The second kappa shape index (κ2) is 7.27. The van der Waals surface area contributed by atoms with E-state index < -0.39 is 36.3 Å². The van der Waals surface area contributed by atoms with Crippen LogP contribution in [-0.2, 0) is 9.53 Å². The molecule has 0 bridgehead atoms. The molecule has 0 unspecified atom stereocenters. The number of carboxylic acids is 1. The molecule has 1 aromatic carbocycles. The van der Waals surface area contributed by atoms with Gasteiger partial charge in [0.15, 0.2) is 17.6 Å². The van der Waals surface area contributed by atoms with Gasteiger partial charge in [-0.15, -0.1) is 0 Å². The highest BCUT2D eigenvalue weighted by Crippen LogP contribution is 2.17. The topological polar surface area (TPSA) is 84.9 Å². The van der Waals surface area contributed by atoms with Crippen molar-refractivity contribution in [1.29, 1.82) is 0 Å². The Morgan fingerprint density at radius 1 is 1.40 bits per heavy atom. The van der Waals surface area contributed by atoms with Crippen molar-refractivity contribution in [2.24, 2.45) is 0 Å². The van der Waals surface area contributed by atoms with E-state index in [1.165, 1.54) is 0 Å². The molecule has 2 N–H and O–H groups in total. The van der Waals surface area contributed by atoms with Gasteiger partial charge in [-0.2, -0.15) is 0 Å². The quantitative estimate of drug-likeness (QED) is 0.829. The van der Waals surface area contributed by atoms with Gasteiger partial charge in [0.05, 0.1) is 6.61 Å². The van der Waals surface area contributed by atoms with Crippen molar-refractivity contribution in [3.05, 3.63) is 29.8 Å². The van der Waals surface area contributed by atoms with Crippen molar-refractivity contribution in [2.45, 2.75) is 13.0 Å². The van der Waals surface area contributed by atoms with Gasteiger partial charge >= 0.3 is 12.1 Å². The van der Waals surface area contributed by atoms with Gasteiger partial charge in [-0.05, 0) is 19.1 Å². The number of hydrogen-bond acceptors (Lipinski definition) is 4. The number of rotatable bonds is 6. The van der Waals surface area contributed by atoms with Gasteiger partial charge in [-0.1, -0.05) is 0 Å². The normalized spacial score (nSPS) is 11.6. The highest BCUT2D eigenvalue weighted by molar-refractivity contribution is 5.80. The Morgan fingerprint density at radius 3 is 2.65 bits per heavy atom. The van der Waals surface area contributed by atoms with Crippen LogP contribution < -0.4 is 10.1 Å². The number of alkyl carbamates (subject to hydrolysis) is 1. The summed E-state index contributed by atoms with van der Waals surface area (Å²) in [6.07, 6.45) is -0.928. The molecule has 0 spiro atoms. The summed E-state index contributed by atoms with van der Waals surface area (Å²) in [5, 5.41) is 10.9. The minimum atomic E-state index is -1.42. The zero-order valence-electron chi connectivity index (χ0n) is 10.6. The number of nitrogens with one attached hydrogen (secondary N) is 1. The fourth-order valence-electron chi connectivity index (χ4n) is 1.26. The highest BCUT2D eigenvalue weighted by atomic mass is 19.1. The summed E-state index contributed by atoms with van der Waals surface area (Å²) in [5.74, 6) is -3.44. The number of carbonyl (C=O) groups excluding carboxylic acids is 1. The molecule has 0 radical (unpaired) electrons. The molecule has 1 amide bonds. The van der Waals surface area contributed by atoms with E-state index in [4.69, 9.17) is 9.84 Å². The molecule has 0 aromatic heterocycles. The first kappa shape index (κ1) is 15.7. The van der Waals surface area contributed by atoms with Crippen molar-refractivity contribution < 1.29 is 33.0 Å². The predicted octanol–water partition coefficient (Wildman–Crippen LogP) is 1.54. The largest absolute Gasteiger partial charge is 0.488 e. The van der Waals surface area contributed by atoms with Crippen LogP contribution >= 0.6 is 0 Å². The summed E-state index contributed by atoms with van der Waals surface area (Å²) in [4.78, 5) is 22.0. The monoisotopic (exact) mass is 289 g/mol. The maximum absolute atomic E-state index is 13.3. The summed E-state index contributed by atoms with van der Waals surface area (Å²) in [6.45, 7) is 1.10. The molecule has 0 saturated heterocycles. The Bertz CT molecular complexity index is 495. The van der Waals surface area contributed by atoms with E-state index >= 15 is 0 Å². The molecule has 0 aliphatic rings. The average molecular weight is 289 g/mol. The van der Waals surface area contributed by atoms with E-state index in [0.717, 1.165) is 12.1 Å². The molecular formula is C12H13F2NO5. The molecule has 20 heavy (non-hydrogen) atoms. The Kier molecular flexibility index (Phi) is 5.70. The number of amides is 1. The molecule has 0 saturated carbocycles. The lowest BCUT2D eigenvalue weighted by molar-refractivity contribution is -0.140. The zero-order valence-corrected chi connectivity index (χ0v) is 10.6. The summed E-state index contributed by atoms with van der Waals surface area (Å²) in [7, 11) is 0. The lowest BCUT2D eigenvalue weighted by atomic mass is 10.3. The maximum atomic E-state index is 13.3. The minimum Gasteiger partial charge on any atom is -0.488 e. The van der Waals surface area contributed by atoms with E-state index in [1.54, 1.807) is 6.92 Å². The number of hydrogen-bond donors (Lipinski definition) is 2. The van der Waals surface area contributed by atoms with E-state index in [1.807, 2.05) is 5.32 Å². The smallest absolute Gasteiger partial charge is 0.407 e. The van der Waals surface area contributed by atoms with E-state index in [2.05, 4.69) is 4.74 Å². The highest BCUT2D eigenvalue weighted by Gasteiger charge is 2.22. The third kappa shape index (κ3) is 4.71. The van der Waals surface area contributed by atoms with Gasteiger partial charge in [0.2, 0.25) is 0 Å². The first-order chi connectivity index (χ1) is 9.43. The van der Waals surface area contributed by atoms with Gasteiger partial charge in [0.25, 0.3) is 0 Å². The Labute approximate surface area is 113 Å². The van der Waals surface area contributed by atoms with Crippen molar-refractivity contribution in [3.63, 3.8) is 0 Å². The van der Waals surface area contributed by atoms with Crippen LogP contribution in [0.2, 0.25) is 0 Å². The maximum Gasteiger partial charge on any atom is 0.407 e. The van der Waals surface area contributed by atoms with Gasteiger partial charge < -0.3 is 19.9 Å². The van der Waals surface area contributed by atoms with Gasteiger partial charge in [-0.25, -0.2) is 18.4 Å². The molecule has 110 valence electrons. The van der Waals surface area contributed by atoms with Gasteiger partial charge in [0, 0.05) is 6.07 Å². The third-order valence-electron chi connectivity index (χ3n) is 2.17. The SMILES string of the molecule is CCOC(=O)N[C@@H](COc1ccc(F)cc1F)C(=O)O. The number of aliphatic carboxylic acids is 1. The van der Waals surface area contributed by atoms with Crippen molar-refractivity contribution in [3.8, 4) is 5.75 Å². The molecule has 1 atom stereocenters. The summed E-state index contributed by atoms with van der Waals surface area (Å²) in [5.41, 5.74) is 0. The molecule has 0 heterocycles. The van der Waals surface area contributed by atoms with Gasteiger partial charge in [-0.3, -0.25) is 0 Å². The van der Waals surface area contributed by atoms with Crippen LogP contribution in [-0.4, -0.2) is 36.4 Å². The van der Waals surface area contributed by atoms with Crippen LogP contribution in [0.15, 0.2) is 18.2 Å². The molecule has 0 aliphatic heterocycles. The van der Waals surface area contributed by atoms with Gasteiger partial charge in [0.1, 0.15) is 12.4 Å². The third-order valence-corrected chi connectivity index (χ3v) is 2.17. The lowest BCUT2D eigenvalue weighted by Gasteiger charge is -2.15. The summed E-state index contributed by atoms with van der Waals surface area (Å²) < 4.78 is 35.4. The van der Waals surface area contributed by atoms with E-state index in [-0.39, 0.29) is 12.4 Å². The standard InChI is InChI=1S/C12H13F2NO5/c1-2-19-12(18)15-9(11(16)17)6-20-10-4-3-7(13)5-8(10)14/h3-5,9H,2,6H2,1H3,(H,15,18)(H,16,17)/t9-/m0/s1. The molecule has 0 aliphatic carbocycles. The number of halogens is 2. The zero-order chi connectivity index (χ0) is 15.1.